The number of hydrogen-bond acceptors (Lipinski definition) is 5. The van der Waals surface area contributed by atoms with Crippen LogP contribution in [0.2, 0.25) is 0 Å². The van der Waals surface area contributed by atoms with Crippen LogP contribution in [-0.4, -0.2) is 49.5 Å². The number of carbonyl (C=O) groups excluding carboxylic acids is 1. The normalized spacial score (nSPS) is 23.4. The van der Waals surface area contributed by atoms with Crippen molar-refractivity contribution in [2.75, 3.05) is 18.1 Å². The highest BCUT2D eigenvalue weighted by Gasteiger charge is 2.26. The van der Waals surface area contributed by atoms with Crippen molar-refractivity contribution in [1.82, 2.24) is 5.32 Å². The second-order valence-electron chi connectivity index (χ2n) is 5.22. The Balaban J connectivity index is 2.29. The van der Waals surface area contributed by atoms with E-state index < -0.39 is 21.7 Å². The molecule has 0 aromatic carbocycles. The molecule has 1 aliphatic carbocycles. The third-order valence-electron chi connectivity index (χ3n) is 3.53. The van der Waals surface area contributed by atoms with Crippen molar-refractivity contribution in [2.45, 2.75) is 38.1 Å². The monoisotopic (exact) mass is 306 g/mol. The maximum Gasteiger partial charge on any atom is 0.306 e. The van der Waals surface area contributed by atoms with Crippen LogP contribution < -0.4 is 11.1 Å². The van der Waals surface area contributed by atoms with Gasteiger partial charge >= 0.3 is 5.97 Å². The SMILES string of the molecule is NC(=O)CCS(=O)(=O)CCNC1CCCC(C(=O)O)C1. The summed E-state index contributed by atoms with van der Waals surface area (Å²) in [5.74, 6) is -2.04. The topological polar surface area (TPSA) is 127 Å². The number of rotatable bonds is 8. The quantitative estimate of drug-likeness (QED) is 0.555. The van der Waals surface area contributed by atoms with E-state index in [1.165, 1.54) is 0 Å². The summed E-state index contributed by atoms with van der Waals surface area (Å²) in [6, 6.07) is 0.0520. The van der Waals surface area contributed by atoms with E-state index >= 15 is 0 Å². The Morgan fingerprint density at radius 2 is 1.95 bits per heavy atom. The number of carboxylic acids is 1. The lowest BCUT2D eigenvalue weighted by Gasteiger charge is -2.27. The zero-order chi connectivity index (χ0) is 15.2. The summed E-state index contributed by atoms with van der Waals surface area (Å²) in [7, 11) is -3.29. The van der Waals surface area contributed by atoms with Crippen molar-refractivity contribution in [1.29, 1.82) is 0 Å². The first kappa shape index (κ1) is 16.9. The van der Waals surface area contributed by atoms with Gasteiger partial charge in [0.25, 0.3) is 0 Å². The number of amides is 1. The number of nitrogens with two attached hydrogens (primary N) is 1. The van der Waals surface area contributed by atoms with E-state index in [-0.39, 0.29) is 36.4 Å². The highest BCUT2D eigenvalue weighted by molar-refractivity contribution is 7.91. The lowest BCUT2D eigenvalue weighted by atomic mass is 9.86. The average molecular weight is 306 g/mol. The fourth-order valence-electron chi connectivity index (χ4n) is 2.38. The molecule has 20 heavy (non-hydrogen) atoms. The number of sulfone groups is 1. The lowest BCUT2D eigenvalue weighted by Crippen LogP contribution is -2.39. The Bertz CT molecular complexity index is 449. The maximum absolute atomic E-state index is 11.6. The standard InChI is InChI=1S/C12H22N2O5S/c13-11(15)4-6-20(18,19)7-5-14-10-3-1-2-9(8-10)12(16)17/h9-10,14H,1-8H2,(H2,13,15)(H,16,17). The number of carbonyl (C=O) groups is 2. The summed E-state index contributed by atoms with van der Waals surface area (Å²) < 4.78 is 23.2. The van der Waals surface area contributed by atoms with Crippen LogP contribution in [0.15, 0.2) is 0 Å². The molecule has 0 heterocycles. The van der Waals surface area contributed by atoms with E-state index in [0.29, 0.717) is 12.8 Å². The van der Waals surface area contributed by atoms with Gasteiger partial charge in [0.05, 0.1) is 17.4 Å². The molecule has 0 aromatic heterocycles. The fraction of sp³-hybridized carbons (Fsp3) is 0.833. The second kappa shape index (κ2) is 7.58. The largest absolute Gasteiger partial charge is 0.481 e. The Kier molecular flexibility index (Phi) is 6.41. The minimum atomic E-state index is -3.29. The van der Waals surface area contributed by atoms with E-state index in [2.05, 4.69) is 5.32 Å². The molecule has 8 heteroatoms. The minimum Gasteiger partial charge on any atom is -0.481 e. The van der Waals surface area contributed by atoms with Crippen molar-refractivity contribution < 1.29 is 23.1 Å². The number of hydrogen-bond donors (Lipinski definition) is 3. The van der Waals surface area contributed by atoms with Gasteiger partial charge in [-0.25, -0.2) is 8.42 Å². The number of aliphatic carboxylic acids is 1. The van der Waals surface area contributed by atoms with Gasteiger partial charge in [0.15, 0.2) is 9.84 Å². The predicted octanol–water partition coefficient (Wildman–Crippen LogP) is -0.490. The van der Waals surface area contributed by atoms with Gasteiger partial charge in [-0.3, -0.25) is 9.59 Å². The Morgan fingerprint density at radius 3 is 2.55 bits per heavy atom. The van der Waals surface area contributed by atoms with E-state index in [0.717, 1.165) is 12.8 Å². The first-order valence-corrected chi connectivity index (χ1v) is 8.57. The van der Waals surface area contributed by atoms with Crippen LogP contribution in [0.3, 0.4) is 0 Å². The highest BCUT2D eigenvalue weighted by atomic mass is 32.2. The molecule has 0 aliphatic heterocycles. The number of carboxylic acid groups (broad SMARTS) is 1. The Labute approximate surface area is 118 Å². The van der Waals surface area contributed by atoms with E-state index in [4.69, 9.17) is 10.8 Å². The molecule has 0 radical (unpaired) electrons. The molecule has 7 nitrogen and oxygen atoms in total. The number of primary amides is 1. The number of nitrogens with one attached hydrogen (secondary N) is 1. The van der Waals surface area contributed by atoms with Crippen molar-refractivity contribution in [3.05, 3.63) is 0 Å². The van der Waals surface area contributed by atoms with Crippen molar-refractivity contribution in [3.63, 3.8) is 0 Å². The summed E-state index contributed by atoms with van der Waals surface area (Å²) in [6.45, 7) is 0.276. The summed E-state index contributed by atoms with van der Waals surface area (Å²) in [6.07, 6.45) is 2.77. The minimum absolute atomic E-state index is 0.0520. The van der Waals surface area contributed by atoms with Gasteiger partial charge in [-0.1, -0.05) is 6.42 Å². The summed E-state index contributed by atoms with van der Waals surface area (Å²) in [4.78, 5) is 21.5. The summed E-state index contributed by atoms with van der Waals surface area (Å²) in [5.41, 5.74) is 4.91. The summed E-state index contributed by atoms with van der Waals surface area (Å²) in [5, 5.41) is 12.1. The Morgan fingerprint density at radius 1 is 1.25 bits per heavy atom. The van der Waals surface area contributed by atoms with Crippen LogP contribution in [0.1, 0.15) is 32.1 Å². The molecule has 116 valence electrons. The van der Waals surface area contributed by atoms with Crippen LogP contribution in [-0.2, 0) is 19.4 Å². The molecule has 0 bridgehead atoms. The smallest absolute Gasteiger partial charge is 0.306 e. The molecule has 1 rings (SSSR count). The Hall–Kier alpha value is -1.15. The van der Waals surface area contributed by atoms with Gasteiger partial charge in [0.2, 0.25) is 5.91 Å². The molecule has 4 N–H and O–H groups in total. The molecule has 2 unspecified atom stereocenters. The van der Waals surface area contributed by atoms with Crippen molar-refractivity contribution in [3.8, 4) is 0 Å². The van der Waals surface area contributed by atoms with E-state index in [1.807, 2.05) is 0 Å². The summed E-state index contributed by atoms with van der Waals surface area (Å²) >= 11 is 0. The third-order valence-corrected chi connectivity index (χ3v) is 5.18. The van der Waals surface area contributed by atoms with Crippen LogP contribution in [0.4, 0.5) is 0 Å². The molecule has 1 saturated carbocycles. The zero-order valence-corrected chi connectivity index (χ0v) is 12.2. The fourth-order valence-corrected chi connectivity index (χ4v) is 3.52. The van der Waals surface area contributed by atoms with Crippen molar-refractivity contribution in [2.24, 2.45) is 11.7 Å². The molecule has 2 atom stereocenters. The van der Waals surface area contributed by atoms with Crippen LogP contribution >= 0.6 is 0 Å². The van der Waals surface area contributed by atoms with Gasteiger partial charge in [-0.05, 0) is 19.3 Å². The van der Waals surface area contributed by atoms with Gasteiger partial charge in [0.1, 0.15) is 0 Å². The zero-order valence-electron chi connectivity index (χ0n) is 11.4. The lowest BCUT2D eigenvalue weighted by molar-refractivity contribution is -0.143. The van der Waals surface area contributed by atoms with Gasteiger partial charge in [0, 0.05) is 19.0 Å². The molecule has 1 aliphatic rings. The predicted molar refractivity (Wildman–Crippen MR) is 73.8 cm³/mol. The third kappa shape index (κ3) is 6.33. The molecule has 1 fully saturated rings. The van der Waals surface area contributed by atoms with Gasteiger partial charge in [-0.2, -0.15) is 0 Å². The molecule has 0 aromatic rings. The molecular weight excluding hydrogens is 284 g/mol. The highest BCUT2D eigenvalue weighted by Crippen LogP contribution is 2.24. The first-order valence-electron chi connectivity index (χ1n) is 6.75. The molecule has 1 amide bonds. The molecule has 0 spiro atoms. The van der Waals surface area contributed by atoms with E-state index in [1.54, 1.807) is 0 Å². The van der Waals surface area contributed by atoms with Crippen LogP contribution in [0.5, 0.6) is 0 Å². The second-order valence-corrected chi connectivity index (χ2v) is 7.52. The van der Waals surface area contributed by atoms with Gasteiger partial charge in [-0.15, -0.1) is 0 Å². The maximum atomic E-state index is 11.6. The average Bonchev–Trinajstić information content (AvgIpc) is 2.37. The van der Waals surface area contributed by atoms with Gasteiger partial charge < -0.3 is 16.2 Å². The molecule has 0 saturated heterocycles. The first-order chi connectivity index (χ1) is 9.30. The van der Waals surface area contributed by atoms with Crippen molar-refractivity contribution >= 4 is 21.7 Å². The molecular formula is C12H22N2O5S. The van der Waals surface area contributed by atoms with E-state index in [9.17, 15) is 18.0 Å². The van der Waals surface area contributed by atoms with Crippen LogP contribution in [0, 0.1) is 5.92 Å². The van der Waals surface area contributed by atoms with Crippen LogP contribution in [0.25, 0.3) is 0 Å².